The normalized spacial score (nSPS) is 12.8. The highest BCUT2D eigenvalue weighted by Gasteiger charge is 2.27. The molecular weight excluding hydrogens is 350 g/mol. The molecule has 0 atom stereocenters. The number of rotatable bonds is 4. The number of amides is 2. The minimum Gasteiger partial charge on any atom is -0.453 e. The van der Waals surface area contributed by atoms with Gasteiger partial charge in [0, 0.05) is 17.8 Å². The maximum absolute atomic E-state index is 12.3. The summed E-state index contributed by atoms with van der Waals surface area (Å²) >= 11 is 1.36. The van der Waals surface area contributed by atoms with Crippen LogP contribution in [0.4, 0.5) is 9.80 Å². The third-order valence-electron chi connectivity index (χ3n) is 4.34. The second-order valence-electron chi connectivity index (χ2n) is 6.00. The van der Waals surface area contributed by atoms with Gasteiger partial charge >= 0.3 is 6.09 Å². The van der Waals surface area contributed by atoms with Crippen LogP contribution in [0.3, 0.4) is 0 Å². The molecular formula is C19H19N3O3S. The van der Waals surface area contributed by atoms with Crippen molar-refractivity contribution in [3.63, 3.8) is 0 Å². The summed E-state index contributed by atoms with van der Waals surface area (Å²) in [6, 6.07) is 12.0. The number of benzene rings is 1. The molecule has 1 aliphatic heterocycles. The molecule has 1 N–H and O–H groups in total. The lowest BCUT2D eigenvalue weighted by molar-refractivity contribution is -0.116. The zero-order valence-corrected chi connectivity index (χ0v) is 15.3. The zero-order chi connectivity index (χ0) is 18.5. The predicted molar refractivity (Wildman–Crippen MR) is 98.9 cm³/mol. The van der Waals surface area contributed by atoms with Crippen LogP contribution < -0.4 is 5.32 Å². The van der Waals surface area contributed by atoms with E-state index < -0.39 is 0 Å². The van der Waals surface area contributed by atoms with Crippen LogP contribution >= 0.6 is 11.3 Å². The average Bonchev–Trinajstić information content (AvgIpc) is 3.02. The van der Waals surface area contributed by atoms with Gasteiger partial charge in [0.15, 0.2) is 0 Å². The lowest BCUT2D eigenvalue weighted by atomic mass is 10.0. The van der Waals surface area contributed by atoms with Gasteiger partial charge in [0.05, 0.1) is 19.2 Å². The number of anilines is 1. The van der Waals surface area contributed by atoms with E-state index in [1.165, 1.54) is 18.4 Å². The smallest absolute Gasteiger partial charge is 0.409 e. The topological polar surface area (TPSA) is 82.4 Å². The summed E-state index contributed by atoms with van der Waals surface area (Å²) in [7, 11) is 1.35. The predicted octanol–water partition coefficient (Wildman–Crippen LogP) is 3.32. The molecule has 1 aliphatic rings. The van der Waals surface area contributed by atoms with E-state index in [1.54, 1.807) is 4.90 Å². The molecule has 2 heterocycles. The first-order valence-electron chi connectivity index (χ1n) is 8.33. The second kappa shape index (κ2) is 8.02. The molecule has 1 aromatic carbocycles. The molecule has 0 unspecified atom stereocenters. The summed E-state index contributed by atoms with van der Waals surface area (Å²) in [6.07, 6.45) is 1.21. The largest absolute Gasteiger partial charge is 0.453 e. The zero-order valence-electron chi connectivity index (χ0n) is 14.4. The van der Waals surface area contributed by atoms with Gasteiger partial charge in [-0.3, -0.25) is 4.79 Å². The molecule has 134 valence electrons. The van der Waals surface area contributed by atoms with Crippen LogP contribution in [-0.2, 0) is 28.9 Å². The van der Waals surface area contributed by atoms with Crippen molar-refractivity contribution in [3.05, 3.63) is 51.9 Å². The number of nitrogens with zero attached hydrogens (tertiary/aromatic N) is 2. The van der Waals surface area contributed by atoms with Gasteiger partial charge in [-0.25, -0.2) is 4.79 Å². The Morgan fingerprint density at radius 1 is 1.35 bits per heavy atom. The molecule has 1 aromatic heterocycles. The number of nitrogens with one attached hydrogen (secondary N) is 1. The molecule has 2 aromatic rings. The van der Waals surface area contributed by atoms with Gasteiger partial charge in [0.25, 0.3) is 0 Å². The highest BCUT2D eigenvalue weighted by atomic mass is 32.1. The fourth-order valence-corrected chi connectivity index (χ4v) is 4.22. The summed E-state index contributed by atoms with van der Waals surface area (Å²) in [4.78, 5) is 26.5. The number of aryl methyl sites for hydroxylation is 1. The Hall–Kier alpha value is -2.85. The standard InChI is InChI=1S/C19H19N3O3S/c1-25-19(24)22-10-9-14-15(11-20)18(26-16(14)12-22)21-17(23)8-7-13-5-3-2-4-6-13/h2-6H,7-10,12H2,1H3,(H,21,23). The second-order valence-corrected chi connectivity index (χ2v) is 7.10. The Morgan fingerprint density at radius 2 is 2.12 bits per heavy atom. The van der Waals surface area contributed by atoms with Crippen molar-refractivity contribution in [2.75, 3.05) is 19.0 Å². The molecule has 0 spiro atoms. The van der Waals surface area contributed by atoms with E-state index >= 15 is 0 Å². The number of thiophene rings is 1. The van der Waals surface area contributed by atoms with E-state index in [-0.39, 0.29) is 12.0 Å². The molecule has 2 amide bonds. The van der Waals surface area contributed by atoms with Crippen molar-refractivity contribution in [3.8, 4) is 6.07 Å². The monoisotopic (exact) mass is 369 g/mol. The Balaban J connectivity index is 1.69. The van der Waals surface area contributed by atoms with Gasteiger partial charge in [0.2, 0.25) is 5.91 Å². The van der Waals surface area contributed by atoms with Gasteiger partial charge in [-0.2, -0.15) is 5.26 Å². The minimum atomic E-state index is -0.379. The number of carbonyl (C=O) groups excluding carboxylic acids is 2. The van der Waals surface area contributed by atoms with E-state index in [2.05, 4.69) is 11.4 Å². The molecule has 0 saturated carbocycles. The summed E-state index contributed by atoms with van der Waals surface area (Å²) in [5.74, 6) is -0.117. The molecule has 0 saturated heterocycles. The molecule has 26 heavy (non-hydrogen) atoms. The Morgan fingerprint density at radius 3 is 2.81 bits per heavy atom. The van der Waals surface area contributed by atoms with E-state index in [9.17, 15) is 14.9 Å². The number of hydrogen-bond donors (Lipinski definition) is 1. The quantitative estimate of drug-likeness (QED) is 0.896. The van der Waals surface area contributed by atoms with Crippen molar-refractivity contribution in [2.24, 2.45) is 0 Å². The van der Waals surface area contributed by atoms with Crippen molar-refractivity contribution in [1.82, 2.24) is 4.90 Å². The maximum atomic E-state index is 12.3. The lowest BCUT2D eigenvalue weighted by Gasteiger charge is -2.25. The first kappa shape index (κ1) is 18.0. The van der Waals surface area contributed by atoms with Gasteiger partial charge in [-0.15, -0.1) is 11.3 Å². The van der Waals surface area contributed by atoms with Crippen LogP contribution in [-0.4, -0.2) is 30.6 Å². The third-order valence-corrected chi connectivity index (χ3v) is 5.47. The van der Waals surface area contributed by atoms with Crippen LogP contribution in [0.1, 0.15) is 28.0 Å². The average molecular weight is 369 g/mol. The summed E-state index contributed by atoms with van der Waals surface area (Å²) in [6.45, 7) is 0.910. The third kappa shape index (κ3) is 3.86. The maximum Gasteiger partial charge on any atom is 0.409 e. The highest BCUT2D eigenvalue weighted by Crippen LogP contribution is 2.36. The molecule has 6 nitrogen and oxygen atoms in total. The van der Waals surface area contributed by atoms with Crippen LogP contribution in [0.25, 0.3) is 0 Å². The fourth-order valence-electron chi connectivity index (χ4n) is 2.99. The van der Waals surface area contributed by atoms with Gasteiger partial charge in [-0.1, -0.05) is 30.3 Å². The molecule has 0 aliphatic carbocycles. The number of carbonyl (C=O) groups is 2. The summed E-state index contributed by atoms with van der Waals surface area (Å²) in [5.41, 5.74) is 2.54. The van der Waals surface area contributed by atoms with Crippen molar-refractivity contribution in [1.29, 1.82) is 5.26 Å². The lowest BCUT2D eigenvalue weighted by Crippen LogP contribution is -2.35. The van der Waals surface area contributed by atoms with Crippen molar-refractivity contribution < 1.29 is 14.3 Å². The van der Waals surface area contributed by atoms with Crippen molar-refractivity contribution in [2.45, 2.75) is 25.8 Å². The molecule has 0 bridgehead atoms. The number of ether oxygens (including phenoxy) is 1. The number of hydrogen-bond acceptors (Lipinski definition) is 5. The van der Waals surface area contributed by atoms with Gasteiger partial charge in [0.1, 0.15) is 11.1 Å². The van der Waals surface area contributed by atoms with Crippen LogP contribution in [0, 0.1) is 11.3 Å². The number of fused-ring (bicyclic) bond motifs is 1. The SMILES string of the molecule is COC(=O)N1CCc2c(sc(NC(=O)CCc3ccccc3)c2C#N)C1. The summed E-state index contributed by atoms with van der Waals surface area (Å²) < 4.78 is 4.76. The van der Waals surface area contributed by atoms with Gasteiger partial charge < -0.3 is 15.0 Å². The first-order chi connectivity index (χ1) is 12.6. The van der Waals surface area contributed by atoms with Crippen LogP contribution in [0.5, 0.6) is 0 Å². The Labute approximate surface area is 156 Å². The van der Waals surface area contributed by atoms with Crippen molar-refractivity contribution >= 4 is 28.3 Å². The summed E-state index contributed by atoms with van der Waals surface area (Å²) in [5, 5.41) is 12.9. The Bertz CT molecular complexity index is 855. The fraction of sp³-hybridized carbons (Fsp3) is 0.316. The Kier molecular flexibility index (Phi) is 5.54. The first-order valence-corrected chi connectivity index (χ1v) is 9.15. The van der Waals surface area contributed by atoms with Crippen LogP contribution in [0.2, 0.25) is 0 Å². The van der Waals surface area contributed by atoms with Crippen LogP contribution in [0.15, 0.2) is 30.3 Å². The number of nitriles is 1. The van der Waals surface area contributed by atoms with E-state index in [4.69, 9.17) is 4.74 Å². The van der Waals surface area contributed by atoms with Gasteiger partial charge in [-0.05, 0) is 24.0 Å². The number of methoxy groups -OCH3 is 1. The minimum absolute atomic E-state index is 0.117. The van der Waals surface area contributed by atoms with E-state index in [0.29, 0.717) is 42.9 Å². The molecule has 0 radical (unpaired) electrons. The highest BCUT2D eigenvalue weighted by molar-refractivity contribution is 7.16. The molecule has 7 heteroatoms. The van der Waals surface area contributed by atoms with E-state index in [1.807, 2.05) is 30.3 Å². The van der Waals surface area contributed by atoms with E-state index in [0.717, 1.165) is 16.0 Å². The molecule has 0 fully saturated rings. The molecule has 3 rings (SSSR count).